The van der Waals surface area contributed by atoms with Crippen molar-refractivity contribution in [2.45, 2.75) is 11.1 Å². The zero-order valence-electron chi connectivity index (χ0n) is 9.67. The fourth-order valence-electron chi connectivity index (χ4n) is 1.53. The molecule has 1 aliphatic heterocycles. The molecule has 10 heteroatoms. The molecule has 0 spiro atoms. The first kappa shape index (κ1) is 13.9. The molecule has 1 unspecified atom stereocenters. The Morgan fingerprint density at radius 1 is 1.56 bits per heavy atom. The summed E-state index contributed by atoms with van der Waals surface area (Å²) in [4.78, 5) is 0. The second-order valence-electron chi connectivity index (χ2n) is 3.73. The van der Waals surface area contributed by atoms with Crippen LogP contribution in [0.3, 0.4) is 0 Å². The normalized spacial score (nSPS) is 21.1. The van der Waals surface area contributed by atoms with E-state index in [1.165, 1.54) is 11.7 Å². The van der Waals surface area contributed by atoms with Crippen molar-refractivity contribution in [1.29, 1.82) is 0 Å². The first-order chi connectivity index (χ1) is 8.50. The number of rotatable bonds is 4. The monoisotopic (exact) mass is 340 g/mol. The number of hydrogen-bond donors (Lipinski definition) is 1. The Balaban J connectivity index is 2.03. The van der Waals surface area contributed by atoms with Gasteiger partial charge < -0.3 is 9.47 Å². The van der Waals surface area contributed by atoms with Gasteiger partial charge in [-0.3, -0.25) is 0 Å². The lowest BCUT2D eigenvalue weighted by molar-refractivity contribution is -0.0847. The Morgan fingerprint density at radius 2 is 2.33 bits per heavy atom. The summed E-state index contributed by atoms with van der Waals surface area (Å²) in [5.74, 6) is 0. The Hall–Kier alpha value is -0.550. The molecular weight excluding hydrogens is 328 g/mol. The van der Waals surface area contributed by atoms with E-state index in [-0.39, 0.29) is 22.3 Å². The lowest BCUT2D eigenvalue weighted by Crippen LogP contribution is -2.40. The Morgan fingerprint density at radius 3 is 2.89 bits per heavy atom. The average molecular weight is 341 g/mol. The van der Waals surface area contributed by atoms with Crippen LogP contribution in [0.25, 0.3) is 0 Å². The molecular formula is C8H13BrN4O4S. The fourth-order valence-corrected chi connectivity index (χ4v) is 3.69. The molecule has 0 radical (unpaired) electrons. The van der Waals surface area contributed by atoms with Gasteiger partial charge in [-0.05, 0) is 15.9 Å². The van der Waals surface area contributed by atoms with Crippen LogP contribution >= 0.6 is 15.9 Å². The van der Waals surface area contributed by atoms with E-state index in [0.29, 0.717) is 19.8 Å². The summed E-state index contributed by atoms with van der Waals surface area (Å²) in [5, 5.41) is 7.24. The van der Waals surface area contributed by atoms with Crippen molar-refractivity contribution in [2.75, 3.05) is 26.4 Å². The Labute approximate surface area is 113 Å². The van der Waals surface area contributed by atoms with Gasteiger partial charge in [0.25, 0.3) is 10.0 Å². The predicted molar refractivity (Wildman–Crippen MR) is 64.5 cm³/mol. The second kappa shape index (κ2) is 5.61. The summed E-state index contributed by atoms with van der Waals surface area (Å²) in [6, 6.07) is 0. The number of nitrogens with one attached hydrogen (secondary N) is 1. The molecule has 0 aromatic carbocycles. The molecule has 1 aliphatic rings. The van der Waals surface area contributed by atoms with E-state index in [1.807, 2.05) is 0 Å². The molecule has 0 saturated carbocycles. The third-order valence-corrected chi connectivity index (χ3v) is 4.69. The summed E-state index contributed by atoms with van der Waals surface area (Å²) in [6.45, 7) is 1.55. The van der Waals surface area contributed by atoms with Gasteiger partial charge in [-0.25, -0.2) is 17.8 Å². The molecule has 0 aliphatic carbocycles. The van der Waals surface area contributed by atoms with E-state index >= 15 is 0 Å². The highest BCUT2D eigenvalue weighted by Gasteiger charge is 2.25. The third-order valence-electron chi connectivity index (χ3n) is 2.38. The van der Waals surface area contributed by atoms with E-state index in [1.54, 1.807) is 0 Å². The Kier molecular flexibility index (Phi) is 4.33. The minimum absolute atomic E-state index is 0.0146. The highest BCUT2D eigenvalue weighted by atomic mass is 79.9. The van der Waals surface area contributed by atoms with Crippen molar-refractivity contribution in [3.05, 3.63) is 4.60 Å². The number of sulfonamides is 1. The van der Waals surface area contributed by atoms with Crippen LogP contribution in [0.4, 0.5) is 0 Å². The van der Waals surface area contributed by atoms with Crippen LogP contribution in [0, 0.1) is 0 Å². The highest BCUT2D eigenvalue weighted by molar-refractivity contribution is 9.10. The summed E-state index contributed by atoms with van der Waals surface area (Å²) in [6.07, 6.45) is -0.270. The molecule has 0 bridgehead atoms. The van der Waals surface area contributed by atoms with Crippen molar-refractivity contribution in [3.63, 3.8) is 0 Å². The molecule has 1 fully saturated rings. The van der Waals surface area contributed by atoms with Gasteiger partial charge in [-0.15, -0.1) is 5.10 Å². The fraction of sp³-hybridized carbons (Fsp3) is 0.750. The van der Waals surface area contributed by atoms with Gasteiger partial charge in [0.1, 0.15) is 0 Å². The first-order valence-corrected chi connectivity index (χ1v) is 7.52. The molecule has 2 rings (SSSR count). The van der Waals surface area contributed by atoms with E-state index in [9.17, 15) is 8.42 Å². The second-order valence-corrected chi connectivity index (χ2v) is 6.16. The highest BCUT2D eigenvalue weighted by Crippen LogP contribution is 2.17. The van der Waals surface area contributed by atoms with Crippen LogP contribution in [-0.4, -0.2) is 55.9 Å². The van der Waals surface area contributed by atoms with E-state index < -0.39 is 10.0 Å². The van der Waals surface area contributed by atoms with Gasteiger partial charge in [-0.2, -0.15) is 0 Å². The summed E-state index contributed by atoms with van der Waals surface area (Å²) < 4.78 is 38.4. The summed E-state index contributed by atoms with van der Waals surface area (Å²) in [5.41, 5.74) is 0. The standard InChI is InChI=1S/C8H13BrN4O4S/c1-13-8(7(9)11-12-13)18(14,15)10-4-6-5-16-2-3-17-6/h6,10H,2-5H2,1H3. The molecule has 2 heterocycles. The van der Waals surface area contributed by atoms with Gasteiger partial charge in [0.15, 0.2) is 4.60 Å². The van der Waals surface area contributed by atoms with E-state index in [4.69, 9.17) is 9.47 Å². The topological polar surface area (TPSA) is 95.3 Å². The molecule has 18 heavy (non-hydrogen) atoms. The Bertz CT molecular complexity index is 492. The van der Waals surface area contributed by atoms with Crippen LogP contribution < -0.4 is 4.72 Å². The molecule has 1 saturated heterocycles. The van der Waals surface area contributed by atoms with Crippen molar-refractivity contribution < 1.29 is 17.9 Å². The van der Waals surface area contributed by atoms with Gasteiger partial charge in [-0.1, -0.05) is 5.21 Å². The van der Waals surface area contributed by atoms with Crippen molar-refractivity contribution in [3.8, 4) is 0 Å². The maximum Gasteiger partial charge on any atom is 0.260 e. The molecule has 0 amide bonds. The number of aromatic nitrogens is 3. The minimum atomic E-state index is -3.67. The number of halogens is 1. The van der Waals surface area contributed by atoms with Gasteiger partial charge in [0.2, 0.25) is 5.03 Å². The largest absolute Gasteiger partial charge is 0.376 e. The minimum Gasteiger partial charge on any atom is -0.376 e. The first-order valence-electron chi connectivity index (χ1n) is 5.25. The lowest BCUT2D eigenvalue weighted by atomic mass is 10.3. The van der Waals surface area contributed by atoms with Crippen molar-refractivity contribution in [1.82, 2.24) is 19.7 Å². The van der Waals surface area contributed by atoms with E-state index in [2.05, 4.69) is 31.0 Å². The third kappa shape index (κ3) is 3.06. The van der Waals surface area contributed by atoms with Gasteiger partial charge in [0.05, 0.1) is 25.9 Å². The number of nitrogens with zero attached hydrogens (tertiary/aromatic N) is 3. The molecule has 102 valence electrons. The molecule has 1 atom stereocenters. The SMILES string of the molecule is Cn1nnc(Br)c1S(=O)(=O)NCC1COCCO1. The van der Waals surface area contributed by atoms with Crippen LogP contribution in [0.2, 0.25) is 0 Å². The molecule has 8 nitrogen and oxygen atoms in total. The molecule has 1 N–H and O–H groups in total. The van der Waals surface area contributed by atoms with Crippen LogP contribution in [0.1, 0.15) is 0 Å². The quantitative estimate of drug-likeness (QED) is 0.776. The summed E-state index contributed by atoms with van der Waals surface area (Å²) >= 11 is 3.05. The van der Waals surface area contributed by atoms with Gasteiger partial charge in [0, 0.05) is 13.6 Å². The molecule has 1 aromatic rings. The number of hydrogen-bond acceptors (Lipinski definition) is 6. The smallest absolute Gasteiger partial charge is 0.260 e. The van der Waals surface area contributed by atoms with E-state index in [0.717, 1.165) is 0 Å². The van der Waals surface area contributed by atoms with Crippen molar-refractivity contribution >= 4 is 26.0 Å². The van der Waals surface area contributed by atoms with Gasteiger partial charge >= 0.3 is 0 Å². The predicted octanol–water partition coefficient (Wildman–Crippen LogP) is -0.729. The van der Waals surface area contributed by atoms with Crippen LogP contribution in [0.5, 0.6) is 0 Å². The molecule has 1 aromatic heterocycles. The van der Waals surface area contributed by atoms with Crippen LogP contribution in [-0.2, 0) is 26.5 Å². The maximum atomic E-state index is 12.0. The summed E-state index contributed by atoms with van der Waals surface area (Å²) in [7, 11) is -2.17. The van der Waals surface area contributed by atoms with Crippen LogP contribution in [0.15, 0.2) is 9.63 Å². The zero-order valence-corrected chi connectivity index (χ0v) is 12.1. The average Bonchev–Trinajstić information content (AvgIpc) is 2.69. The zero-order chi connectivity index (χ0) is 13.2. The lowest BCUT2D eigenvalue weighted by Gasteiger charge is -2.22. The maximum absolute atomic E-state index is 12.0. The van der Waals surface area contributed by atoms with Crippen molar-refractivity contribution in [2.24, 2.45) is 7.05 Å². The number of aryl methyl sites for hydroxylation is 1. The number of ether oxygens (including phenoxy) is 2.